The monoisotopic (exact) mass is 315 g/mol. The number of aryl methyl sites for hydroxylation is 1. The summed E-state index contributed by atoms with van der Waals surface area (Å²) in [6.07, 6.45) is 3.49. The Bertz CT molecular complexity index is 661. The van der Waals surface area contributed by atoms with E-state index in [0.717, 1.165) is 36.3 Å². The van der Waals surface area contributed by atoms with Gasteiger partial charge >= 0.3 is 0 Å². The highest BCUT2D eigenvalue weighted by Crippen LogP contribution is 2.19. The van der Waals surface area contributed by atoms with Crippen molar-refractivity contribution < 1.29 is 9.69 Å². The van der Waals surface area contributed by atoms with E-state index in [1.54, 1.807) is 6.20 Å². The number of aromatic nitrogens is 2. The molecule has 0 spiro atoms. The lowest BCUT2D eigenvalue weighted by Gasteiger charge is -2.12. The van der Waals surface area contributed by atoms with Crippen LogP contribution in [0.4, 0.5) is 0 Å². The van der Waals surface area contributed by atoms with Gasteiger partial charge in [-0.05, 0) is 25.0 Å². The molecule has 0 bridgehead atoms. The summed E-state index contributed by atoms with van der Waals surface area (Å²) in [5.74, 6) is -0.0328. The molecule has 0 aliphatic carbocycles. The van der Waals surface area contributed by atoms with E-state index in [0.29, 0.717) is 12.1 Å². The number of hydrogen-bond acceptors (Lipinski definition) is 2. The van der Waals surface area contributed by atoms with Crippen molar-refractivity contribution in [1.29, 1.82) is 0 Å². The van der Waals surface area contributed by atoms with E-state index in [4.69, 9.17) is 0 Å². The van der Waals surface area contributed by atoms with Gasteiger partial charge in [-0.1, -0.05) is 31.5 Å². The minimum atomic E-state index is -0.0328. The molecule has 1 amide bonds. The number of benzene rings is 1. The van der Waals surface area contributed by atoms with Crippen LogP contribution in [0.3, 0.4) is 0 Å². The number of amides is 1. The second-order valence-electron chi connectivity index (χ2n) is 6.17. The summed E-state index contributed by atoms with van der Waals surface area (Å²) in [5, 5.41) is 7.48. The normalized spacial score (nSPS) is 11.0. The van der Waals surface area contributed by atoms with Crippen LogP contribution >= 0.6 is 0 Å². The van der Waals surface area contributed by atoms with Crippen LogP contribution in [0.2, 0.25) is 0 Å². The van der Waals surface area contributed by atoms with Gasteiger partial charge in [0.2, 0.25) is 0 Å². The van der Waals surface area contributed by atoms with Crippen molar-refractivity contribution >= 4 is 5.91 Å². The third-order valence-electron chi connectivity index (χ3n) is 3.85. The molecule has 124 valence electrons. The van der Waals surface area contributed by atoms with Crippen LogP contribution in [-0.2, 0) is 6.42 Å². The first-order valence-electron chi connectivity index (χ1n) is 8.24. The van der Waals surface area contributed by atoms with Crippen molar-refractivity contribution in [2.45, 2.75) is 26.7 Å². The van der Waals surface area contributed by atoms with Crippen molar-refractivity contribution in [3.63, 3.8) is 0 Å². The number of nitrogens with zero attached hydrogens (tertiary/aromatic N) is 2. The zero-order valence-corrected chi connectivity index (χ0v) is 14.5. The van der Waals surface area contributed by atoms with Crippen LogP contribution < -0.4 is 10.2 Å². The molecule has 5 nitrogen and oxygen atoms in total. The van der Waals surface area contributed by atoms with Gasteiger partial charge in [-0.2, -0.15) is 5.10 Å². The SMILES string of the molecule is CCCc1c(C(=O)NCC[NH+](C)C)cnn1-c1ccccc1C. The number of carbonyl (C=O) groups excluding carboxylic acids is 1. The maximum absolute atomic E-state index is 12.5. The standard InChI is InChI=1S/C18H26N4O/c1-5-8-17-15(18(23)19-11-12-21(3)4)13-20-22(17)16-10-7-6-9-14(16)2/h6-7,9-10,13H,5,8,11-12H2,1-4H3,(H,19,23)/p+1. The summed E-state index contributed by atoms with van der Waals surface area (Å²) in [4.78, 5) is 13.8. The Labute approximate surface area is 138 Å². The average molecular weight is 315 g/mol. The molecule has 5 heteroatoms. The zero-order chi connectivity index (χ0) is 16.8. The van der Waals surface area contributed by atoms with Crippen molar-refractivity contribution in [2.24, 2.45) is 0 Å². The highest BCUT2D eigenvalue weighted by atomic mass is 16.1. The van der Waals surface area contributed by atoms with Gasteiger partial charge in [-0.15, -0.1) is 0 Å². The summed E-state index contributed by atoms with van der Waals surface area (Å²) < 4.78 is 1.91. The Balaban J connectivity index is 2.28. The molecular formula is C18H27N4O+. The highest BCUT2D eigenvalue weighted by Gasteiger charge is 2.18. The summed E-state index contributed by atoms with van der Waals surface area (Å²) in [6, 6.07) is 8.11. The van der Waals surface area contributed by atoms with Gasteiger partial charge in [-0.3, -0.25) is 4.79 Å². The molecule has 1 aromatic heterocycles. The first-order valence-corrected chi connectivity index (χ1v) is 8.24. The van der Waals surface area contributed by atoms with Crippen LogP contribution in [-0.4, -0.2) is 42.9 Å². The topological polar surface area (TPSA) is 51.4 Å². The molecule has 0 unspecified atom stereocenters. The molecule has 0 fully saturated rings. The third-order valence-corrected chi connectivity index (χ3v) is 3.85. The van der Waals surface area contributed by atoms with Crippen LogP contribution in [0.1, 0.15) is 35.0 Å². The molecular weight excluding hydrogens is 288 g/mol. The Kier molecular flexibility index (Phi) is 5.93. The first kappa shape index (κ1) is 17.2. The molecule has 2 rings (SSSR count). The smallest absolute Gasteiger partial charge is 0.254 e. The van der Waals surface area contributed by atoms with Gasteiger partial charge in [0.05, 0.1) is 50.3 Å². The molecule has 1 heterocycles. The quantitative estimate of drug-likeness (QED) is 0.801. The van der Waals surface area contributed by atoms with Crippen molar-refractivity contribution in [1.82, 2.24) is 15.1 Å². The first-order chi connectivity index (χ1) is 11.0. The van der Waals surface area contributed by atoms with Crippen molar-refractivity contribution in [3.8, 4) is 5.69 Å². The van der Waals surface area contributed by atoms with Gasteiger partial charge in [0.25, 0.3) is 5.91 Å². The summed E-state index contributed by atoms with van der Waals surface area (Å²) in [5.41, 5.74) is 3.85. The molecule has 2 aromatic rings. The second-order valence-corrected chi connectivity index (χ2v) is 6.17. The maximum Gasteiger partial charge on any atom is 0.254 e. The average Bonchev–Trinajstić information content (AvgIpc) is 2.91. The number of quaternary nitrogens is 1. The maximum atomic E-state index is 12.5. The molecule has 23 heavy (non-hydrogen) atoms. The minimum absolute atomic E-state index is 0.0328. The highest BCUT2D eigenvalue weighted by molar-refractivity contribution is 5.95. The van der Waals surface area contributed by atoms with Gasteiger partial charge in [0.15, 0.2) is 0 Å². The molecule has 0 atom stereocenters. The van der Waals surface area contributed by atoms with E-state index in [-0.39, 0.29) is 5.91 Å². The van der Waals surface area contributed by atoms with Crippen LogP contribution in [0.15, 0.2) is 30.5 Å². The van der Waals surface area contributed by atoms with Gasteiger partial charge in [0.1, 0.15) is 0 Å². The number of hydrogen-bond donors (Lipinski definition) is 2. The molecule has 0 aliphatic rings. The number of carbonyl (C=O) groups is 1. The fourth-order valence-electron chi connectivity index (χ4n) is 2.57. The molecule has 1 aromatic carbocycles. The van der Waals surface area contributed by atoms with E-state index in [2.05, 4.69) is 44.4 Å². The lowest BCUT2D eigenvalue weighted by Crippen LogP contribution is -3.06. The molecule has 0 aliphatic heterocycles. The number of para-hydroxylation sites is 1. The number of likely N-dealkylation sites (N-methyl/N-ethyl adjacent to an activating group) is 1. The van der Waals surface area contributed by atoms with Crippen LogP contribution in [0, 0.1) is 6.92 Å². The number of rotatable bonds is 7. The summed E-state index contributed by atoms with van der Waals surface area (Å²) in [7, 11) is 4.15. The zero-order valence-electron chi connectivity index (χ0n) is 14.5. The Morgan fingerprint density at radius 1 is 1.30 bits per heavy atom. The molecule has 2 N–H and O–H groups in total. The largest absolute Gasteiger partial charge is 0.346 e. The third kappa shape index (κ3) is 4.20. The lowest BCUT2D eigenvalue weighted by atomic mass is 10.1. The second kappa shape index (κ2) is 7.92. The van der Waals surface area contributed by atoms with E-state index < -0.39 is 0 Å². The van der Waals surface area contributed by atoms with Crippen molar-refractivity contribution in [3.05, 3.63) is 47.3 Å². The number of nitrogens with one attached hydrogen (secondary N) is 2. The van der Waals surface area contributed by atoms with E-state index >= 15 is 0 Å². The Morgan fingerprint density at radius 2 is 2.04 bits per heavy atom. The predicted molar refractivity (Wildman–Crippen MR) is 92.3 cm³/mol. The minimum Gasteiger partial charge on any atom is -0.346 e. The Morgan fingerprint density at radius 3 is 2.70 bits per heavy atom. The van der Waals surface area contributed by atoms with Crippen LogP contribution in [0.25, 0.3) is 5.69 Å². The fourth-order valence-corrected chi connectivity index (χ4v) is 2.57. The summed E-state index contributed by atoms with van der Waals surface area (Å²) >= 11 is 0. The van der Waals surface area contributed by atoms with Gasteiger partial charge in [0, 0.05) is 0 Å². The molecule has 0 saturated heterocycles. The lowest BCUT2D eigenvalue weighted by molar-refractivity contribution is -0.856. The predicted octanol–water partition coefficient (Wildman–Crippen LogP) is 1.01. The van der Waals surface area contributed by atoms with Crippen molar-refractivity contribution in [2.75, 3.05) is 27.2 Å². The van der Waals surface area contributed by atoms with E-state index in [9.17, 15) is 4.79 Å². The molecule has 0 saturated carbocycles. The van der Waals surface area contributed by atoms with E-state index in [1.165, 1.54) is 4.90 Å². The summed E-state index contributed by atoms with van der Waals surface area (Å²) in [6.45, 7) is 5.75. The molecule has 0 radical (unpaired) electrons. The van der Waals surface area contributed by atoms with Gasteiger partial charge in [-0.25, -0.2) is 4.68 Å². The van der Waals surface area contributed by atoms with Crippen LogP contribution in [0.5, 0.6) is 0 Å². The fraction of sp³-hybridized carbons (Fsp3) is 0.444. The van der Waals surface area contributed by atoms with E-state index in [1.807, 2.05) is 22.9 Å². The van der Waals surface area contributed by atoms with Gasteiger partial charge < -0.3 is 10.2 Å². The Hall–Kier alpha value is -2.14.